The third-order valence-corrected chi connectivity index (χ3v) is 1.31. The van der Waals surface area contributed by atoms with Crippen molar-refractivity contribution in [1.29, 1.82) is 0 Å². The highest BCUT2D eigenvalue weighted by molar-refractivity contribution is 5.93. The van der Waals surface area contributed by atoms with E-state index >= 15 is 0 Å². The van der Waals surface area contributed by atoms with Crippen LogP contribution in [0.1, 0.15) is 20.3 Å². The lowest BCUT2D eigenvalue weighted by molar-refractivity contribution is -0.128. The molecule has 0 N–H and O–H groups in total. The summed E-state index contributed by atoms with van der Waals surface area (Å²) in [6, 6.07) is 0. The van der Waals surface area contributed by atoms with Gasteiger partial charge in [-0.1, -0.05) is 6.92 Å². The summed E-state index contributed by atoms with van der Waals surface area (Å²) < 4.78 is 4.57. The molecule has 5 nitrogen and oxygen atoms in total. The van der Waals surface area contributed by atoms with Crippen LogP contribution in [0.3, 0.4) is 0 Å². The average Bonchev–Trinajstić information content (AvgIpc) is 2.13. The molecule has 0 rings (SSSR count). The van der Waals surface area contributed by atoms with E-state index in [0.29, 0.717) is 0 Å². The summed E-state index contributed by atoms with van der Waals surface area (Å²) in [6.45, 7) is 3.02. The summed E-state index contributed by atoms with van der Waals surface area (Å²) in [6.07, 6.45) is 0.836. The van der Waals surface area contributed by atoms with Crippen molar-refractivity contribution in [3.63, 3.8) is 0 Å². The smallest absolute Gasteiger partial charge is 0.416 e. The second-order valence-corrected chi connectivity index (χ2v) is 2.18. The Morgan fingerprint density at radius 1 is 1.38 bits per heavy atom. The maximum atomic E-state index is 11.1. The van der Waals surface area contributed by atoms with Crippen LogP contribution in [0.4, 0.5) is 4.79 Å². The Morgan fingerprint density at radius 2 is 2.00 bits per heavy atom. The largest absolute Gasteiger partial charge is 0.449 e. The highest BCUT2D eigenvalue weighted by Crippen LogP contribution is 1.96. The Morgan fingerprint density at radius 3 is 2.38 bits per heavy atom. The Balaban J connectivity index is 4.30. The van der Waals surface area contributed by atoms with Gasteiger partial charge >= 0.3 is 6.09 Å². The van der Waals surface area contributed by atoms with Crippen molar-refractivity contribution in [3.05, 3.63) is 0 Å². The minimum absolute atomic E-state index is 0.153. The summed E-state index contributed by atoms with van der Waals surface area (Å²) in [5.41, 5.74) is 0. The minimum Gasteiger partial charge on any atom is -0.449 e. The first kappa shape index (κ1) is 11.6. The Labute approximate surface area is 76.7 Å². The van der Waals surface area contributed by atoms with Gasteiger partial charge in [-0.2, -0.15) is 0 Å². The average molecular weight is 186 g/mol. The maximum Gasteiger partial charge on any atom is 0.416 e. The van der Waals surface area contributed by atoms with E-state index in [-0.39, 0.29) is 19.6 Å². The van der Waals surface area contributed by atoms with E-state index in [9.17, 15) is 14.4 Å². The molecule has 2 amide bonds. The fraction of sp³-hybridized carbons (Fsp3) is 0.625. The van der Waals surface area contributed by atoms with Gasteiger partial charge < -0.3 is 4.74 Å². The zero-order valence-corrected chi connectivity index (χ0v) is 7.70. The number of hydrogen-bond acceptors (Lipinski definition) is 4. The first-order valence-corrected chi connectivity index (χ1v) is 3.99. The van der Waals surface area contributed by atoms with Gasteiger partial charge in [-0.05, 0) is 6.92 Å². The molecule has 73 valence electrons. The summed E-state index contributed by atoms with van der Waals surface area (Å²) in [5, 5.41) is 0. The molecular weight excluding hydrogens is 174 g/mol. The van der Waals surface area contributed by atoms with Gasteiger partial charge in [0.2, 0.25) is 12.2 Å². The number of rotatable bonds is 4. The zero-order chi connectivity index (χ0) is 10.3. The molecule has 0 aromatic carbocycles. The maximum absolute atomic E-state index is 11.1. The van der Waals surface area contributed by atoms with E-state index in [4.69, 9.17) is 0 Å². The van der Waals surface area contributed by atoms with E-state index in [0.717, 1.165) is 4.90 Å². The van der Waals surface area contributed by atoms with Gasteiger partial charge in [0.05, 0.1) is 13.2 Å². The van der Waals surface area contributed by atoms with Crippen molar-refractivity contribution in [3.8, 4) is 0 Å². The molecule has 0 spiro atoms. The molecule has 0 aliphatic rings. The van der Waals surface area contributed by atoms with Crippen LogP contribution in [-0.2, 0) is 14.3 Å². The van der Waals surface area contributed by atoms with Crippen LogP contribution < -0.4 is 0 Å². The molecule has 0 saturated carbocycles. The van der Waals surface area contributed by atoms with Gasteiger partial charge in [-0.3, -0.25) is 9.59 Å². The van der Waals surface area contributed by atoms with Gasteiger partial charge in [0.1, 0.15) is 0 Å². The van der Waals surface area contributed by atoms with Crippen molar-refractivity contribution in [1.82, 2.24) is 4.90 Å². The monoisotopic (exact) mass is 186 g/mol. The molecule has 0 bridgehead atoms. The lowest BCUT2D eigenvalue weighted by atomic mass is 10.4. The summed E-state index contributed by atoms with van der Waals surface area (Å²) >= 11 is 0. The van der Waals surface area contributed by atoms with Crippen LogP contribution >= 0.6 is 0 Å². The molecular formula is C8H12NO4. The Hall–Kier alpha value is -1.39. The van der Waals surface area contributed by atoms with Crippen LogP contribution in [0.25, 0.3) is 0 Å². The molecule has 0 saturated heterocycles. The minimum atomic E-state index is -0.794. The predicted octanol–water partition coefficient (Wildman–Crippen LogP) is 0.491. The number of hydrogen-bond donors (Lipinski definition) is 0. The van der Waals surface area contributed by atoms with E-state index < -0.39 is 12.0 Å². The third-order valence-electron chi connectivity index (χ3n) is 1.31. The number of nitrogens with zero attached hydrogens (tertiary/aromatic N) is 1. The Bertz CT molecular complexity index is 202. The zero-order valence-electron chi connectivity index (χ0n) is 7.70. The number of ether oxygens (including phenoxy) is 1. The SMILES string of the molecule is CCOC(=O)N(C[C]=O)C(=O)CC. The second kappa shape index (κ2) is 6.16. The number of carbonyl (C=O) groups excluding carboxylic acids is 3. The second-order valence-electron chi connectivity index (χ2n) is 2.18. The molecule has 0 unspecified atom stereocenters. The molecule has 5 heteroatoms. The normalized spacial score (nSPS) is 9.08. The molecule has 13 heavy (non-hydrogen) atoms. The fourth-order valence-electron chi connectivity index (χ4n) is 0.711. The van der Waals surface area contributed by atoms with Crippen molar-refractivity contribution in [2.45, 2.75) is 20.3 Å². The quantitative estimate of drug-likeness (QED) is 0.641. The van der Waals surface area contributed by atoms with E-state index in [1.54, 1.807) is 13.8 Å². The van der Waals surface area contributed by atoms with Crippen molar-refractivity contribution in [2.75, 3.05) is 13.2 Å². The van der Waals surface area contributed by atoms with Crippen LogP contribution in [-0.4, -0.2) is 36.3 Å². The molecule has 0 aromatic heterocycles. The highest BCUT2D eigenvalue weighted by Gasteiger charge is 2.20. The van der Waals surface area contributed by atoms with Crippen molar-refractivity contribution < 1.29 is 19.1 Å². The highest BCUT2D eigenvalue weighted by atomic mass is 16.6. The topological polar surface area (TPSA) is 63.7 Å². The van der Waals surface area contributed by atoms with E-state index in [1.165, 1.54) is 6.29 Å². The summed E-state index contributed by atoms with van der Waals surface area (Å²) in [7, 11) is 0. The van der Waals surface area contributed by atoms with Crippen molar-refractivity contribution >= 4 is 18.3 Å². The predicted molar refractivity (Wildman–Crippen MR) is 44.7 cm³/mol. The summed E-state index contributed by atoms with van der Waals surface area (Å²) in [5.74, 6) is -0.443. The fourth-order valence-corrected chi connectivity index (χ4v) is 0.711. The molecule has 0 fully saturated rings. The van der Waals surface area contributed by atoms with E-state index in [2.05, 4.69) is 4.74 Å². The van der Waals surface area contributed by atoms with Crippen LogP contribution in [0.15, 0.2) is 0 Å². The standard InChI is InChI=1S/C8H12NO4/c1-3-7(11)9(5-6-10)8(12)13-4-2/h3-5H2,1-2H3. The van der Waals surface area contributed by atoms with Gasteiger partial charge in [0.15, 0.2) is 0 Å². The number of amides is 2. The summed E-state index contributed by atoms with van der Waals surface area (Å²) in [4.78, 5) is 32.9. The molecule has 0 aliphatic heterocycles. The third kappa shape index (κ3) is 3.68. The van der Waals surface area contributed by atoms with Gasteiger partial charge in [0.25, 0.3) is 0 Å². The van der Waals surface area contributed by atoms with Gasteiger partial charge in [-0.15, -0.1) is 0 Å². The number of imide groups is 1. The first-order chi connectivity index (χ1) is 6.17. The number of carbonyl (C=O) groups is 2. The molecule has 0 heterocycles. The van der Waals surface area contributed by atoms with Gasteiger partial charge in [0, 0.05) is 6.42 Å². The van der Waals surface area contributed by atoms with Crippen LogP contribution in [0.2, 0.25) is 0 Å². The van der Waals surface area contributed by atoms with E-state index in [1.807, 2.05) is 0 Å². The van der Waals surface area contributed by atoms with Gasteiger partial charge in [-0.25, -0.2) is 9.69 Å². The lowest BCUT2D eigenvalue weighted by Crippen LogP contribution is -2.38. The molecule has 0 atom stereocenters. The first-order valence-electron chi connectivity index (χ1n) is 3.99. The Kier molecular flexibility index (Phi) is 5.50. The molecule has 0 aromatic rings. The van der Waals surface area contributed by atoms with Crippen molar-refractivity contribution in [2.24, 2.45) is 0 Å². The molecule has 1 radical (unpaired) electrons. The lowest BCUT2D eigenvalue weighted by Gasteiger charge is -2.15. The molecule has 0 aliphatic carbocycles. The van der Waals surface area contributed by atoms with Crippen LogP contribution in [0, 0.1) is 0 Å². The van der Waals surface area contributed by atoms with Crippen LogP contribution in [0.5, 0.6) is 0 Å².